The van der Waals surface area contributed by atoms with Crippen molar-refractivity contribution in [2.45, 2.75) is 32.2 Å². The molecule has 4 rings (SSSR count). The number of rotatable bonds is 11. The average molecular weight is 473 g/mol. The van der Waals surface area contributed by atoms with E-state index < -0.39 is 0 Å². The summed E-state index contributed by atoms with van der Waals surface area (Å²) in [4.78, 5) is 31.5. The molecule has 0 aliphatic rings. The third-order valence-electron chi connectivity index (χ3n) is 5.55. The van der Waals surface area contributed by atoms with Gasteiger partial charge in [-0.15, -0.1) is 11.3 Å². The van der Waals surface area contributed by atoms with E-state index in [0.717, 1.165) is 33.6 Å². The molecule has 1 amide bonds. The molecule has 4 aromatic rings. The van der Waals surface area contributed by atoms with Crippen LogP contribution in [0.1, 0.15) is 29.0 Å². The van der Waals surface area contributed by atoms with Crippen LogP contribution in [-0.2, 0) is 33.7 Å². The summed E-state index contributed by atoms with van der Waals surface area (Å²) in [7, 11) is 0. The van der Waals surface area contributed by atoms with Crippen LogP contribution < -0.4 is 0 Å². The lowest BCUT2D eigenvalue weighted by molar-refractivity contribution is -0.152. The molecule has 0 aliphatic carbocycles. The summed E-state index contributed by atoms with van der Waals surface area (Å²) in [5, 5.41) is 1.01. The van der Waals surface area contributed by atoms with E-state index in [2.05, 4.69) is 23.2 Å². The SMILES string of the molecule is O=C(CCCc1nc2ccccc2s1)OCC(=O)N(CCc1ccccc1)Cc1ccccc1. The van der Waals surface area contributed by atoms with Crippen molar-refractivity contribution in [2.75, 3.05) is 13.2 Å². The molecule has 1 aromatic heterocycles. The van der Waals surface area contributed by atoms with Gasteiger partial charge in [0.1, 0.15) is 0 Å². The molecular formula is C28H28N2O3S. The lowest BCUT2D eigenvalue weighted by atomic mass is 10.1. The van der Waals surface area contributed by atoms with Crippen molar-refractivity contribution in [3.05, 3.63) is 101 Å². The van der Waals surface area contributed by atoms with E-state index in [-0.39, 0.29) is 24.9 Å². The number of thiazole rings is 1. The molecule has 0 spiro atoms. The van der Waals surface area contributed by atoms with Gasteiger partial charge in [0.25, 0.3) is 5.91 Å². The minimum atomic E-state index is -0.350. The molecule has 0 unspecified atom stereocenters. The van der Waals surface area contributed by atoms with Gasteiger partial charge in [-0.2, -0.15) is 0 Å². The van der Waals surface area contributed by atoms with E-state index in [1.807, 2.05) is 66.7 Å². The van der Waals surface area contributed by atoms with Crippen LogP contribution in [0, 0.1) is 0 Å². The largest absolute Gasteiger partial charge is 0.456 e. The van der Waals surface area contributed by atoms with E-state index >= 15 is 0 Å². The maximum absolute atomic E-state index is 12.9. The third-order valence-corrected chi connectivity index (χ3v) is 6.64. The van der Waals surface area contributed by atoms with E-state index in [1.54, 1.807) is 16.2 Å². The number of esters is 1. The quantitative estimate of drug-likeness (QED) is 0.273. The summed E-state index contributed by atoms with van der Waals surface area (Å²) in [6, 6.07) is 28.0. The minimum Gasteiger partial charge on any atom is -0.456 e. The number of ether oxygens (including phenoxy) is 1. The molecule has 34 heavy (non-hydrogen) atoms. The Kier molecular flexibility index (Phi) is 8.41. The second-order valence-electron chi connectivity index (χ2n) is 8.13. The van der Waals surface area contributed by atoms with Gasteiger partial charge in [-0.3, -0.25) is 9.59 Å². The predicted octanol–water partition coefficient (Wildman–Crippen LogP) is 5.43. The Morgan fingerprint density at radius 2 is 1.50 bits per heavy atom. The topological polar surface area (TPSA) is 59.5 Å². The van der Waals surface area contributed by atoms with Crippen LogP contribution in [0.3, 0.4) is 0 Å². The van der Waals surface area contributed by atoms with Crippen LogP contribution in [0.15, 0.2) is 84.9 Å². The molecule has 0 saturated heterocycles. The first-order valence-electron chi connectivity index (χ1n) is 11.5. The molecule has 6 heteroatoms. The van der Waals surface area contributed by atoms with Crippen molar-refractivity contribution in [3.63, 3.8) is 0 Å². The predicted molar refractivity (Wildman–Crippen MR) is 136 cm³/mol. The number of hydrogen-bond donors (Lipinski definition) is 0. The zero-order valence-electron chi connectivity index (χ0n) is 19.1. The first-order valence-corrected chi connectivity index (χ1v) is 12.3. The minimum absolute atomic E-state index is 0.181. The molecule has 0 bridgehead atoms. The summed E-state index contributed by atoms with van der Waals surface area (Å²) >= 11 is 1.65. The number of fused-ring (bicyclic) bond motifs is 1. The Hall–Kier alpha value is -3.51. The Morgan fingerprint density at radius 3 is 2.24 bits per heavy atom. The smallest absolute Gasteiger partial charge is 0.306 e. The standard InChI is InChI=1S/C28H28N2O3S/c31-27(21-33-28(32)17-9-16-26-29-24-14-7-8-15-25(24)34-26)30(20-23-12-5-2-6-13-23)19-18-22-10-3-1-4-11-22/h1-8,10-15H,9,16-21H2. The molecule has 3 aromatic carbocycles. The highest BCUT2D eigenvalue weighted by atomic mass is 32.1. The Morgan fingerprint density at radius 1 is 0.824 bits per heavy atom. The normalized spacial score (nSPS) is 10.8. The lowest BCUT2D eigenvalue weighted by Gasteiger charge is -2.23. The molecule has 1 heterocycles. The molecule has 0 radical (unpaired) electrons. The van der Waals surface area contributed by atoms with Gasteiger partial charge in [0.05, 0.1) is 15.2 Å². The van der Waals surface area contributed by atoms with E-state index in [0.29, 0.717) is 19.5 Å². The summed E-state index contributed by atoms with van der Waals surface area (Å²) in [6.07, 6.45) is 2.38. The number of para-hydroxylation sites is 1. The fourth-order valence-corrected chi connectivity index (χ4v) is 4.73. The van der Waals surface area contributed by atoms with Gasteiger partial charge in [0.15, 0.2) is 6.61 Å². The van der Waals surface area contributed by atoms with Crippen molar-refractivity contribution < 1.29 is 14.3 Å². The maximum atomic E-state index is 12.9. The van der Waals surface area contributed by atoms with E-state index in [1.165, 1.54) is 5.56 Å². The zero-order chi connectivity index (χ0) is 23.6. The molecule has 0 aliphatic heterocycles. The molecule has 5 nitrogen and oxygen atoms in total. The first-order chi connectivity index (χ1) is 16.7. The van der Waals surface area contributed by atoms with Crippen LogP contribution in [0.2, 0.25) is 0 Å². The number of aromatic nitrogens is 1. The van der Waals surface area contributed by atoms with Crippen molar-refractivity contribution >= 4 is 33.4 Å². The van der Waals surface area contributed by atoms with Crippen LogP contribution in [0.4, 0.5) is 0 Å². The van der Waals surface area contributed by atoms with Crippen LogP contribution >= 0.6 is 11.3 Å². The Balaban J connectivity index is 1.26. The van der Waals surface area contributed by atoms with Gasteiger partial charge in [0, 0.05) is 19.5 Å². The Bertz CT molecular complexity index is 1180. The summed E-state index contributed by atoms with van der Waals surface area (Å²) in [5.41, 5.74) is 3.20. The molecule has 0 atom stereocenters. The Labute approximate surface area is 204 Å². The molecular weight excluding hydrogens is 444 g/mol. The molecule has 0 saturated carbocycles. The highest BCUT2D eigenvalue weighted by Gasteiger charge is 2.16. The molecule has 0 N–H and O–H groups in total. The van der Waals surface area contributed by atoms with Crippen molar-refractivity contribution in [2.24, 2.45) is 0 Å². The van der Waals surface area contributed by atoms with Crippen molar-refractivity contribution in [3.8, 4) is 0 Å². The van der Waals surface area contributed by atoms with Crippen LogP contribution in [0.25, 0.3) is 10.2 Å². The second kappa shape index (κ2) is 12.1. The molecule has 174 valence electrons. The summed E-state index contributed by atoms with van der Waals surface area (Å²) in [5.74, 6) is -0.531. The van der Waals surface area contributed by atoms with Gasteiger partial charge < -0.3 is 9.64 Å². The van der Waals surface area contributed by atoms with Crippen LogP contribution in [0.5, 0.6) is 0 Å². The van der Waals surface area contributed by atoms with Gasteiger partial charge in [0.2, 0.25) is 0 Å². The number of amides is 1. The lowest BCUT2D eigenvalue weighted by Crippen LogP contribution is -2.35. The fraction of sp³-hybridized carbons (Fsp3) is 0.250. The monoisotopic (exact) mass is 472 g/mol. The highest BCUT2D eigenvalue weighted by molar-refractivity contribution is 7.18. The van der Waals surface area contributed by atoms with Crippen molar-refractivity contribution in [1.29, 1.82) is 0 Å². The van der Waals surface area contributed by atoms with E-state index in [9.17, 15) is 9.59 Å². The third kappa shape index (κ3) is 6.99. The fourth-order valence-electron chi connectivity index (χ4n) is 3.72. The summed E-state index contributed by atoms with van der Waals surface area (Å²) < 4.78 is 6.48. The van der Waals surface area contributed by atoms with Crippen molar-refractivity contribution in [1.82, 2.24) is 9.88 Å². The van der Waals surface area contributed by atoms with Gasteiger partial charge in [-0.05, 0) is 42.5 Å². The first kappa shape index (κ1) is 23.6. The molecule has 0 fully saturated rings. The second-order valence-corrected chi connectivity index (χ2v) is 9.24. The van der Waals surface area contributed by atoms with Gasteiger partial charge in [-0.25, -0.2) is 4.98 Å². The number of carbonyl (C=O) groups excluding carboxylic acids is 2. The van der Waals surface area contributed by atoms with Crippen LogP contribution in [-0.4, -0.2) is 34.9 Å². The number of aryl methyl sites for hydroxylation is 1. The maximum Gasteiger partial charge on any atom is 0.306 e. The van der Waals surface area contributed by atoms with Gasteiger partial charge in [-0.1, -0.05) is 72.8 Å². The van der Waals surface area contributed by atoms with E-state index in [4.69, 9.17) is 4.74 Å². The zero-order valence-corrected chi connectivity index (χ0v) is 19.9. The number of carbonyl (C=O) groups is 2. The number of hydrogen-bond acceptors (Lipinski definition) is 5. The highest BCUT2D eigenvalue weighted by Crippen LogP contribution is 2.22. The van der Waals surface area contributed by atoms with Gasteiger partial charge >= 0.3 is 5.97 Å². The summed E-state index contributed by atoms with van der Waals surface area (Å²) in [6.45, 7) is 0.816. The average Bonchev–Trinajstić information content (AvgIpc) is 3.29. The number of benzene rings is 3. The number of nitrogens with zero attached hydrogens (tertiary/aromatic N) is 2.